The Morgan fingerprint density at radius 3 is 2.70 bits per heavy atom. The summed E-state index contributed by atoms with van der Waals surface area (Å²) in [6, 6.07) is 10.3. The number of anilines is 1. The first kappa shape index (κ1) is 13.8. The van der Waals surface area contributed by atoms with E-state index in [1.54, 1.807) is 18.2 Å². The van der Waals surface area contributed by atoms with Crippen molar-refractivity contribution in [2.45, 2.75) is 6.54 Å². The molecule has 0 aliphatic heterocycles. The molecule has 0 aromatic heterocycles. The van der Waals surface area contributed by atoms with Crippen molar-refractivity contribution < 1.29 is 13.5 Å². The Hall–Kier alpha value is -2.61. The third kappa shape index (κ3) is 3.04. The molecule has 3 nitrogen and oxygen atoms in total. The first-order valence-corrected chi connectivity index (χ1v) is 5.90. The van der Waals surface area contributed by atoms with Crippen LogP contribution in [0.15, 0.2) is 36.4 Å². The van der Waals surface area contributed by atoms with Crippen molar-refractivity contribution in [3.8, 4) is 11.8 Å². The van der Waals surface area contributed by atoms with E-state index in [0.29, 0.717) is 11.3 Å². The number of nitriles is 1. The Bertz CT molecular complexity index is 665. The highest BCUT2D eigenvalue weighted by Gasteiger charge is 2.06. The lowest BCUT2D eigenvalue weighted by Gasteiger charge is -2.09. The minimum Gasteiger partial charge on any atom is -0.495 e. The van der Waals surface area contributed by atoms with Crippen molar-refractivity contribution in [3.05, 3.63) is 59.2 Å². The molecular formula is C15H12F2N2O. The van der Waals surface area contributed by atoms with Crippen LogP contribution >= 0.6 is 0 Å². The third-order valence-corrected chi connectivity index (χ3v) is 2.80. The average molecular weight is 274 g/mol. The number of ether oxygens (including phenoxy) is 1. The van der Waals surface area contributed by atoms with Crippen molar-refractivity contribution in [2.75, 3.05) is 12.4 Å². The van der Waals surface area contributed by atoms with Gasteiger partial charge in [0.1, 0.15) is 23.5 Å². The van der Waals surface area contributed by atoms with E-state index in [1.165, 1.54) is 7.11 Å². The van der Waals surface area contributed by atoms with Gasteiger partial charge >= 0.3 is 0 Å². The summed E-state index contributed by atoms with van der Waals surface area (Å²) < 4.78 is 31.5. The van der Waals surface area contributed by atoms with Gasteiger partial charge in [-0.15, -0.1) is 0 Å². The molecule has 0 saturated heterocycles. The van der Waals surface area contributed by atoms with Crippen LogP contribution in [0.2, 0.25) is 0 Å². The molecule has 0 unspecified atom stereocenters. The van der Waals surface area contributed by atoms with Crippen LogP contribution in [-0.2, 0) is 6.54 Å². The third-order valence-electron chi connectivity index (χ3n) is 2.80. The molecule has 0 bridgehead atoms. The zero-order chi connectivity index (χ0) is 14.5. The van der Waals surface area contributed by atoms with Gasteiger partial charge in [-0.1, -0.05) is 6.07 Å². The van der Waals surface area contributed by atoms with Gasteiger partial charge in [0.25, 0.3) is 0 Å². The first-order valence-electron chi connectivity index (χ1n) is 5.90. The number of benzene rings is 2. The second kappa shape index (κ2) is 6.02. The van der Waals surface area contributed by atoms with Crippen LogP contribution in [0.4, 0.5) is 14.5 Å². The Balaban J connectivity index is 2.15. The molecule has 0 saturated carbocycles. The molecule has 102 valence electrons. The van der Waals surface area contributed by atoms with Crippen molar-refractivity contribution in [3.63, 3.8) is 0 Å². The van der Waals surface area contributed by atoms with Crippen LogP contribution in [-0.4, -0.2) is 7.11 Å². The number of halogens is 2. The smallest absolute Gasteiger partial charge is 0.146 e. The summed E-state index contributed by atoms with van der Waals surface area (Å²) in [6.45, 7) is 0.277. The van der Waals surface area contributed by atoms with Crippen LogP contribution in [0.1, 0.15) is 11.1 Å². The highest BCUT2D eigenvalue weighted by Crippen LogP contribution is 2.20. The van der Waals surface area contributed by atoms with Crippen molar-refractivity contribution in [2.24, 2.45) is 0 Å². The van der Waals surface area contributed by atoms with Gasteiger partial charge in [-0.3, -0.25) is 0 Å². The number of nitrogens with one attached hydrogen (secondary N) is 1. The van der Waals surface area contributed by atoms with Crippen molar-refractivity contribution in [1.82, 2.24) is 0 Å². The van der Waals surface area contributed by atoms with Gasteiger partial charge in [-0.25, -0.2) is 8.78 Å². The van der Waals surface area contributed by atoms with E-state index in [9.17, 15) is 8.78 Å². The highest BCUT2D eigenvalue weighted by atomic mass is 19.1. The Kier molecular flexibility index (Phi) is 4.16. The molecule has 0 fully saturated rings. The fourth-order valence-electron chi connectivity index (χ4n) is 1.78. The fraction of sp³-hybridized carbons (Fsp3) is 0.133. The number of hydrogen-bond donors (Lipinski definition) is 1. The quantitative estimate of drug-likeness (QED) is 0.928. The summed E-state index contributed by atoms with van der Waals surface area (Å²) in [4.78, 5) is 0. The van der Waals surface area contributed by atoms with Gasteiger partial charge in [0.2, 0.25) is 0 Å². The van der Waals surface area contributed by atoms with Gasteiger partial charge in [0.15, 0.2) is 0 Å². The maximum atomic E-state index is 13.4. The molecule has 0 atom stereocenters. The molecule has 0 aliphatic carbocycles. The summed E-state index contributed by atoms with van der Waals surface area (Å²) in [5, 5.41) is 11.8. The number of rotatable bonds is 4. The molecule has 20 heavy (non-hydrogen) atoms. The van der Waals surface area contributed by atoms with E-state index in [-0.39, 0.29) is 12.2 Å². The number of nitrogens with zero attached hydrogens (tertiary/aromatic N) is 1. The largest absolute Gasteiger partial charge is 0.495 e. The molecule has 2 aromatic rings. The Labute approximate surface area is 115 Å². The Morgan fingerprint density at radius 1 is 1.20 bits per heavy atom. The van der Waals surface area contributed by atoms with E-state index in [4.69, 9.17) is 10.00 Å². The molecule has 0 spiro atoms. The lowest BCUT2D eigenvalue weighted by molar-refractivity contribution is 0.413. The summed E-state index contributed by atoms with van der Waals surface area (Å²) in [5.41, 5.74) is 1.25. The van der Waals surface area contributed by atoms with E-state index >= 15 is 0 Å². The minimum atomic E-state index is -0.527. The van der Waals surface area contributed by atoms with Crippen LogP contribution in [0.3, 0.4) is 0 Å². The summed E-state index contributed by atoms with van der Waals surface area (Å²) in [6.07, 6.45) is 0. The van der Waals surface area contributed by atoms with Crippen molar-refractivity contribution >= 4 is 5.69 Å². The molecular weight excluding hydrogens is 262 g/mol. The van der Waals surface area contributed by atoms with Crippen LogP contribution in [0.5, 0.6) is 5.75 Å². The second-order valence-corrected chi connectivity index (χ2v) is 4.12. The van der Waals surface area contributed by atoms with E-state index in [0.717, 1.165) is 23.8 Å². The maximum absolute atomic E-state index is 13.4. The molecule has 0 radical (unpaired) electrons. The zero-order valence-electron chi connectivity index (χ0n) is 10.8. The number of hydrogen-bond acceptors (Lipinski definition) is 3. The van der Waals surface area contributed by atoms with E-state index in [1.807, 2.05) is 6.07 Å². The first-order chi connectivity index (χ1) is 9.63. The Morgan fingerprint density at radius 2 is 2.00 bits per heavy atom. The molecule has 0 heterocycles. The topological polar surface area (TPSA) is 45.0 Å². The normalized spacial score (nSPS) is 9.90. The lowest BCUT2D eigenvalue weighted by Crippen LogP contribution is -2.02. The second-order valence-electron chi connectivity index (χ2n) is 4.12. The van der Waals surface area contributed by atoms with Gasteiger partial charge in [0.05, 0.1) is 18.4 Å². The average Bonchev–Trinajstić information content (AvgIpc) is 2.47. The van der Waals surface area contributed by atoms with Gasteiger partial charge < -0.3 is 10.1 Å². The molecule has 0 aliphatic rings. The van der Waals surface area contributed by atoms with Crippen molar-refractivity contribution in [1.29, 1.82) is 5.26 Å². The molecule has 2 rings (SSSR count). The van der Waals surface area contributed by atoms with E-state index < -0.39 is 11.6 Å². The zero-order valence-corrected chi connectivity index (χ0v) is 10.8. The SMILES string of the molecule is COc1ccc(CNc2cc(F)ccc2F)cc1C#N. The molecule has 1 N–H and O–H groups in total. The monoisotopic (exact) mass is 274 g/mol. The highest BCUT2D eigenvalue weighted by molar-refractivity contribution is 5.48. The summed E-state index contributed by atoms with van der Waals surface area (Å²) >= 11 is 0. The van der Waals surface area contributed by atoms with E-state index in [2.05, 4.69) is 5.32 Å². The van der Waals surface area contributed by atoms with Crippen LogP contribution < -0.4 is 10.1 Å². The molecule has 5 heteroatoms. The molecule has 0 amide bonds. The maximum Gasteiger partial charge on any atom is 0.146 e. The minimum absolute atomic E-state index is 0.0827. The fourth-order valence-corrected chi connectivity index (χ4v) is 1.78. The standard InChI is InChI=1S/C15H12F2N2O/c1-20-15-5-2-10(6-11(15)8-18)9-19-14-7-12(16)3-4-13(14)17/h2-7,19H,9H2,1H3. The van der Waals surface area contributed by atoms with Gasteiger partial charge in [-0.05, 0) is 35.9 Å². The number of methoxy groups -OCH3 is 1. The lowest BCUT2D eigenvalue weighted by atomic mass is 10.1. The predicted molar refractivity (Wildman–Crippen MR) is 71.4 cm³/mol. The van der Waals surface area contributed by atoms with Gasteiger partial charge in [0, 0.05) is 6.54 Å². The molecule has 2 aromatic carbocycles. The predicted octanol–water partition coefficient (Wildman–Crippen LogP) is 3.46. The summed E-state index contributed by atoms with van der Waals surface area (Å²) in [7, 11) is 1.48. The summed E-state index contributed by atoms with van der Waals surface area (Å²) in [5.74, 6) is -0.560. The van der Waals surface area contributed by atoms with Gasteiger partial charge in [-0.2, -0.15) is 5.26 Å². The van der Waals surface area contributed by atoms with Crippen LogP contribution in [0.25, 0.3) is 0 Å². The van der Waals surface area contributed by atoms with Crippen LogP contribution in [0, 0.1) is 23.0 Å².